The Bertz CT molecular complexity index is 468. The summed E-state index contributed by atoms with van der Waals surface area (Å²) in [6.07, 6.45) is -0.370. The highest BCUT2D eigenvalue weighted by Crippen LogP contribution is 2.10. The summed E-state index contributed by atoms with van der Waals surface area (Å²) in [6.45, 7) is 0.368. The average molecular weight is 277 g/mol. The zero-order chi connectivity index (χ0) is 15.0. The molecule has 0 radical (unpaired) electrons. The molecule has 0 aromatic heterocycles. The van der Waals surface area contributed by atoms with Crippen LogP contribution < -0.4 is 5.32 Å². The number of likely N-dealkylation sites (N-methyl/N-ethyl adjacent to an activating group) is 1. The van der Waals surface area contributed by atoms with Gasteiger partial charge in [0.05, 0.1) is 31.7 Å². The lowest BCUT2D eigenvalue weighted by molar-refractivity contribution is 0.0501. The fraction of sp³-hybridized carbons (Fsp3) is 0.429. The predicted octanol–water partition coefficient (Wildman–Crippen LogP) is 1.22. The van der Waals surface area contributed by atoms with Gasteiger partial charge in [0.1, 0.15) is 0 Å². The lowest BCUT2D eigenvalue weighted by Crippen LogP contribution is -2.38. The van der Waals surface area contributed by atoms with E-state index in [1.54, 1.807) is 31.3 Å². The van der Waals surface area contributed by atoms with Gasteiger partial charge in [0.25, 0.3) is 0 Å². The molecule has 0 aliphatic heterocycles. The van der Waals surface area contributed by atoms with Crippen LogP contribution in [0.15, 0.2) is 24.3 Å². The van der Waals surface area contributed by atoms with Gasteiger partial charge in [-0.1, -0.05) is 12.1 Å². The number of carbonyl (C=O) groups is 1. The molecule has 20 heavy (non-hydrogen) atoms. The molecular formula is C14H19N3O3. The first kappa shape index (κ1) is 16.0. The molecule has 0 aliphatic carbocycles. The number of carbonyl (C=O) groups excluding carboxylic acids is 1. The molecule has 108 valence electrons. The van der Waals surface area contributed by atoms with Crippen LogP contribution in [0, 0.1) is 11.3 Å². The van der Waals surface area contributed by atoms with E-state index < -0.39 is 6.10 Å². The van der Waals surface area contributed by atoms with Gasteiger partial charge in [-0.3, -0.25) is 0 Å². The van der Waals surface area contributed by atoms with Crippen LogP contribution in [0.25, 0.3) is 0 Å². The van der Waals surface area contributed by atoms with Gasteiger partial charge < -0.3 is 20.1 Å². The van der Waals surface area contributed by atoms with Crippen molar-refractivity contribution < 1.29 is 14.6 Å². The van der Waals surface area contributed by atoms with Crippen LogP contribution in [0.5, 0.6) is 0 Å². The molecule has 6 heteroatoms. The zero-order valence-electron chi connectivity index (χ0n) is 11.7. The predicted molar refractivity (Wildman–Crippen MR) is 75.3 cm³/mol. The molecule has 6 nitrogen and oxygen atoms in total. The van der Waals surface area contributed by atoms with Crippen molar-refractivity contribution >= 4 is 11.7 Å². The molecule has 0 spiro atoms. The van der Waals surface area contributed by atoms with Gasteiger partial charge in [0, 0.05) is 19.8 Å². The fourth-order valence-electron chi connectivity index (χ4n) is 1.66. The van der Waals surface area contributed by atoms with Crippen molar-refractivity contribution in [1.82, 2.24) is 4.90 Å². The Balaban J connectivity index is 2.50. The third-order valence-electron chi connectivity index (χ3n) is 2.68. The quantitative estimate of drug-likeness (QED) is 0.818. The van der Waals surface area contributed by atoms with E-state index in [1.165, 1.54) is 12.0 Å². The van der Waals surface area contributed by atoms with Crippen molar-refractivity contribution in [2.75, 3.05) is 32.6 Å². The summed E-state index contributed by atoms with van der Waals surface area (Å²) in [7, 11) is 3.09. The maximum Gasteiger partial charge on any atom is 0.321 e. The van der Waals surface area contributed by atoms with E-state index in [2.05, 4.69) is 11.4 Å². The monoisotopic (exact) mass is 277 g/mol. The number of nitrogens with zero attached hydrogens (tertiary/aromatic N) is 2. The number of nitrogens with one attached hydrogen (secondary N) is 1. The third-order valence-corrected chi connectivity index (χ3v) is 2.68. The maximum absolute atomic E-state index is 11.9. The van der Waals surface area contributed by atoms with E-state index in [1.807, 2.05) is 0 Å². The molecule has 0 aliphatic rings. The first-order valence-corrected chi connectivity index (χ1v) is 6.21. The fourth-order valence-corrected chi connectivity index (χ4v) is 1.66. The van der Waals surface area contributed by atoms with Crippen LogP contribution in [0.3, 0.4) is 0 Å². The van der Waals surface area contributed by atoms with Gasteiger partial charge in [-0.05, 0) is 17.7 Å². The van der Waals surface area contributed by atoms with Crippen molar-refractivity contribution in [3.63, 3.8) is 0 Å². The second-order valence-electron chi connectivity index (χ2n) is 4.45. The Labute approximate surface area is 118 Å². The number of hydrogen-bond acceptors (Lipinski definition) is 4. The normalized spacial score (nSPS) is 11.5. The minimum atomic E-state index is -0.714. The molecule has 0 saturated heterocycles. The Hall–Kier alpha value is -2.10. The molecule has 0 fully saturated rings. The molecule has 0 saturated carbocycles. The van der Waals surface area contributed by atoms with Crippen LogP contribution >= 0.6 is 0 Å². The summed E-state index contributed by atoms with van der Waals surface area (Å²) in [6, 6.07) is 8.81. The molecule has 1 unspecified atom stereocenters. The van der Waals surface area contributed by atoms with Crippen molar-refractivity contribution in [3.05, 3.63) is 29.8 Å². The van der Waals surface area contributed by atoms with E-state index in [0.717, 1.165) is 5.56 Å². The van der Waals surface area contributed by atoms with Crippen molar-refractivity contribution in [2.45, 2.75) is 12.5 Å². The number of benzene rings is 1. The van der Waals surface area contributed by atoms with Gasteiger partial charge in [-0.25, -0.2) is 4.79 Å². The van der Waals surface area contributed by atoms with Crippen LogP contribution in [0.1, 0.15) is 5.56 Å². The molecule has 0 bridgehead atoms. The standard InChI is InChI=1S/C14H19N3O3/c1-17(9-13(18)10-20-2)14(19)16-12-5-3-11(4-6-12)7-8-15/h3-6,13,18H,7,9-10H2,1-2H3,(H,16,19). The molecule has 2 amide bonds. The first-order valence-electron chi connectivity index (χ1n) is 6.21. The molecule has 1 rings (SSSR count). The number of ether oxygens (including phenoxy) is 1. The van der Waals surface area contributed by atoms with Gasteiger partial charge in [-0.2, -0.15) is 5.26 Å². The lowest BCUT2D eigenvalue weighted by Gasteiger charge is -2.21. The summed E-state index contributed by atoms with van der Waals surface area (Å²) in [5.74, 6) is 0. The number of amides is 2. The van der Waals surface area contributed by atoms with E-state index in [-0.39, 0.29) is 19.2 Å². The van der Waals surface area contributed by atoms with E-state index >= 15 is 0 Å². The number of aliphatic hydroxyl groups excluding tert-OH is 1. The van der Waals surface area contributed by atoms with Crippen molar-refractivity contribution in [3.8, 4) is 6.07 Å². The second kappa shape index (κ2) is 8.15. The van der Waals surface area contributed by atoms with Gasteiger partial charge >= 0.3 is 6.03 Å². The molecule has 1 aromatic rings. The van der Waals surface area contributed by atoms with Crippen LogP contribution in [0.2, 0.25) is 0 Å². The smallest absolute Gasteiger partial charge is 0.321 e. The summed E-state index contributed by atoms with van der Waals surface area (Å²) in [5.41, 5.74) is 1.54. The number of aliphatic hydroxyl groups is 1. The van der Waals surface area contributed by atoms with E-state index in [4.69, 9.17) is 10.00 Å². The number of anilines is 1. The Morgan fingerprint density at radius 2 is 2.15 bits per heavy atom. The largest absolute Gasteiger partial charge is 0.389 e. The minimum Gasteiger partial charge on any atom is -0.389 e. The highest BCUT2D eigenvalue weighted by Gasteiger charge is 2.13. The highest BCUT2D eigenvalue weighted by molar-refractivity contribution is 5.89. The third kappa shape index (κ3) is 5.26. The summed E-state index contributed by atoms with van der Waals surface area (Å²) < 4.78 is 4.80. The molecule has 2 N–H and O–H groups in total. The maximum atomic E-state index is 11.9. The number of urea groups is 1. The summed E-state index contributed by atoms with van der Waals surface area (Å²) in [5, 5.41) is 20.8. The average Bonchev–Trinajstić information content (AvgIpc) is 2.41. The molecule has 0 heterocycles. The number of rotatable bonds is 6. The van der Waals surface area contributed by atoms with Gasteiger partial charge in [-0.15, -0.1) is 0 Å². The Morgan fingerprint density at radius 3 is 2.70 bits per heavy atom. The van der Waals surface area contributed by atoms with E-state index in [9.17, 15) is 9.90 Å². The minimum absolute atomic E-state index is 0.181. The number of methoxy groups -OCH3 is 1. The lowest BCUT2D eigenvalue weighted by atomic mass is 10.1. The Morgan fingerprint density at radius 1 is 1.50 bits per heavy atom. The first-order chi connectivity index (χ1) is 9.56. The van der Waals surface area contributed by atoms with Crippen LogP contribution in [-0.4, -0.2) is 49.5 Å². The Kier molecular flexibility index (Phi) is 6.50. The molecule has 1 aromatic carbocycles. The van der Waals surface area contributed by atoms with Gasteiger partial charge in [0.15, 0.2) is 0 Å². The highest BCUT2D eigenvalue weighted by atomic mass is 16.5. The zero-order valence-corrected chi connectivity index (χ0v) is 11.7. The number of hydrogen-bond donors (Lipinski definition) is 2. The topological polar surface area (TPSA) is 85.6 Å². The van der Waals surface area contributed by atoms with Crippen molar-refractivity contribution in [2.24, 2.45) is 0 Å². The number of nitriles is 1. The SMILES string of the molecule is COCC(O)CN(C)C(=O)Nc1ccc(CC#N)cc1. The van der Waals surface area contributed by atoms with Crippen LogP contribution in [0.4, 0.5) is 10.5 Å². The van der Waals surface area contributed by atoms with Gasteiger partial charge in [0.2, 0.25) is 0 Å². The second-order valence-corrected chi connectivity index (χ2v) is 4.45. The van der Waals surface area contributed by atoms with Crippen LogP contribution in [-0.2, 0) is 11.2 Å². The summed E-state index contributed by atoms with van der Waals surface area (Å²) in [4.78, 5) is 13.3. The van der Waals surface area contributed by atoms with Crippen molar-refractivity contribution in [1.29, 1.82) is 5.26 Å². The summed E-state index contributed by atoms with van der Waals surface area (Å²) >= 11 is 0. The van der Waals surface area contributed by atoms with E-state index in [0.29, 0.717) is 12.1 Å². The molecule has 1 atom stereocenters. The molecular weight excluding hydrogens is 258 g/mol.